The van der Waals surface area contributed by atoms with Crippen molar-refractivity contribution in [2.24, 2.45) is 5.73 Å². The summed E-state index contributed by atoms with van der Waals surface area (Å²) < 4.78 is 0. The van der Waals surface area contributed by atoms with Gasteiger partial charge in [-0.15, -0.1) is 6.58 Å². The first-order chi connectivity index (χ1) is 6.65. The third-order valence-corrected chi connectivity index (χ3v) is 2.52. The van der Waals surface area contributed by atoms with E-state index in [-0.39, 0.29) is 6.04 Å². The fourth-order valence-corrected chi connectivity index (χ4v) is 1.61. The van der Waals surface area contributed by atoms with E-state index in [1.807, 2.05) is 6.08 Å². The molecule has 2 N–H and O–H groups in total. The van der Waals surface area contributed by atoms with Crippen LogP contribution in [-0.2, 0) is 0 Å². The average Bonchev–Trinajstić information content (AvgIpc) is 2.18. The quantitative estimate of drug-likeness (QED) is 0.723. The highest BCUT2D eigenvalue weighted by atomic mass is 14.6. The molecule has 0 aromatic heterocycles. The minimum absolute atomic E-state index is 0.146. The van der Waals surface area contributed by atoms with Crippen LogP contribution in [0.4, 0.5) is 0 Å². The van der Waals surface area contributed by atoms with Crippen LogP contribution < -0.4 is 5.73 Å². The van der Waals surface area contributed by atoms with Gasteiger partial charge in [0.1, 0.15) is 0 Å². The molecule has 0 aliphatic heterocycles. The SMILES string of the molecule is C=CCC[C@H](N)c1cc(C)ccc1C. The fraction of sp³-hybridized carbons (Fsp3) is 0.385. The number of hydrogen-bond acceptors (Lipinski definition) is 1. The monoisotopic (exact) mass is 189 g/mol. The first-order valence-corrected chi connectivity index (χ1v) is 5.08. The van der Waals surface area contributed by atoms with Crippen LogP contribution in [0.25, 0.3) is 0 Å². The highest BCUT2D eigenvalue weighted by Crippen LogP contribution is 2.20. The van der Waals surface area contributed by atoms with Gasteiger partial charge in [0.05, 0.1) is 0 Å². The van der Waals surface area contributed by atoms with E-state index >= 15 is 0 Å². The normalized spacial score (nSPS) is 12.5. The van der Waals surface area contributed by atoms with Crippen LogP contribution >= 0.6 is 0 Å². The van der Waals surface area contributed by atoms with E-state index in [2.05, 4.69) is 38.6 Å². The lowest BCUT2D eigenvalue weighted by molar-refractivity contribution is 0.657. The molecule has 0 unspecified atom stereocenters. The average molecular weight is 189 g/mol. The van der Waals surface area contributed by atoms with E-state index in [9.17, 15) is 0 Å². The first kappa shape index (κ1) is 11.0. The fourth-order valence-electron chi connectivity index (χ4n) is 1.61. The Bertz CT molecular complexity index is 315. The minimum Gasteiger partial charge on any atom is -0.324 e. The van der Waals surface area contributed by atoms with E-state index in [1.54, 1.807) is 0 Å². The Morgan fingerprint density at radius 2 is 2.14 bits per heavy atom. The molecule has 0 saturated carbocycles. The molecule has 0 heterocycles. The van der Waals surface area contributed by atoms with Gasteiger partial charge < -0.3 is 5.73 Å². The predicted molar refractivity (Wildman–Crippen MR) is 62.3 cm³/mol. The van der Waals surface area contributed by atoms with Crippen molar-refractivity contribution in [3.05, 3.63) is 47.5 Å². The molecule has 1 aromatic carbocycles. The highest BCUT2D eigenvalue weighted by molar-refractivity contribution is 5.32. The summed E-state index contributed by atoms with van der Waals surface area (Å²) in [7, 11) is 0. The molecule has 0 spiro atoms. The zero-order valence-corrected chi connectivity index (χ0v) is 9.09. The van der Waals surface area contributed by atoms with Crippen molar-refractivity contribution in [3.63, 3.8) is 0 Å². The summed E-state index contributed by atoms with van der Waals surface area (Å²) in [5.74, 6) is 0. The van der Waals surface area contributed by atoms with Crippen molar-refractivity contribution in [1.29, 1.82) is 0 Å². The molecule has 0 amide bonds. The van der Waals surface area contributed by atoms with Gasteiger partial charge in [-0.2, -0.15) is 0 Å². The molecule has 0 aliphatic carbocycles. The lowest BCUT2D eigenvalue weighted by Crippen LogP contribution is -2.11. The van der Waals surface area contributed by atoms with Crippen molar-refractivity contribution in [3.8, 4) is 0 Å². The molecule has 0 bridgehead atoms. The summed E-state index contributed by atoms with van der Waals surface area (Å²) >= 11 is 0. The van der Waals surface area contributed by atoms with Crippen molar-refractivity contribution in [2.75, 3.05) is 0 Å². The lowest BCUT2D eigenvalue weighted by Gasteiger charge is -2.14. The number of allylic oxidation sites excluding steroid dienone is 1. The molecule has 0 saturated heterocycles. The van der Waals surface area contributed by atoms with Crippen molar-refractivity contribution in [1.82, 2.24) is 0 Å². The Balaban J connectivity index is 2.82. The van der Waals surface area contributed by atoms with Gasteiger partial charge in [0.2, 0.25) is 0 Å². The van der Waals surface area contributed by atoms with E-state index < -0.39 is 0 Å². The third-order valence-electron chi connectivity index (χ3n) is 2.52. The molecule has 76 valence electrons. The second kappa shape index (κ2) is 4.97. The Morgan fingerprint density at radius 1 is 1.43 bits per heavy atom. The number of rotatable bonds is 4. The van der Waals surface area contributed by atoms with E-state index in [0.29, 0.717) is 0 Å². The largest absolute Gasteiger partial charge is 0.324 e. The van der Waals surface area contributed by atoms with Crippen LogP contribution in [-0.4, -0.2) is 0 Å². The van der Waals surface area contributed by atoms with Gasteiger partial charge in [-0.3, -0.25) is 0 Å². The van der Waals surface area contributed by atoms with Gasteiger partial charge >= 0.3 is 0 Å². The summed E-state index contributed by atoms with van der Waals surface area (Å²) in [6.45, 7) is 7.92. The number of benzene rings is 1. The molecular weight excluding hydrogens is 170 g/mol. The van der Waals surface area contributed by atoms with Gasteiger partial charge in [0.15, 0.2) is 0 Å². The number of nitrogens with two attached hydrogens (primary N) is 1. The Labute approximate surface area is 86.6 Å². The van der Waals surface area contributed by atoms with Gasteiger partial charge in [0, 0.05) is 6.04 Å². The molecule has 0 fully saturated rings. The molecule has 0 radical (unpaired) electrons. The summed E-state index contributed by atoms with van der Waals surface area (Å²) in [5.41, 5.74) is 9.94. The Hall–Kier alpha value is -1.08. The number of aryl methyl sites for hydroxylation is 2. The van der Waals surface area contributed by atoms with Gasteiger partial charge in [-0.05, 0) is 37.8 Å². The van der Waals surface area contributed by atoms with Crippen LogP contribution in [0.15, 0.2) is 30.9 Å². The van der Waals surface area contributed by atoms with Gasteiger partial charge in [0.25, 0.3) is 0 Å². The van der Waals surface area contributed by atoms with E-state index in [1.165, 1.54) is 16.7 Å². The van der Waals surface area contributed by atoms with Crippen LogP contribution in [0.5, 0.6) is 0 Å². The second-order valence-corrected chi connectivity index (χ2v) is 3.83. The smallest absolute Gasteiger partial charge is 0.0300 e. The second-order valence-electron chi connectivity index (χ2n) is 3.83. The molecule has 1 nitrogen and oxygen atoms in total. The Kier molecular flexibility index (Phi) is 3.90. The summed E-state index contributed by atoms with van der Waals surface area (Å²) in [6.07, 6.45) is 3.88. The first-order valence-electron chi connectivity index (χ1n) is 5.08. The van der Waals surface area contributed by atoms with Crippen LogP contribution in [0.3, 0.4) is 0 Å². The maximum absolute atomic E-state index is 6.10. The summed E-state index contributed by atoms with van der Waals surface area (Å²) in [4.78, 5) is 0. The highest BCUT2D eigenvalue weighted by Gasteiger charge is 2.07. The zero-order chi connectivity index (χ0) is 10.6. The maximum atomic E-state index is 6.10. The zero-order valence-electron chi connectivity index (χ0n) is 9.09. The lowest BCUT2D eigenvalue weighted by atomic mass is 9.96. The van der Waals surface area contributed by atoms with Crippen LogP contribution in [0, 0.1) is 13.8 Å². The predicted octanol–water partition coefficient (Wildman–Crippen LogP) is 3.27. The van der Waals surface area contributed by atoms with Crippen LogP contribution in [0.1, 0.15) is 35.6 Å². The van der Waals surface area contributed by atoms with E-state index in [4.69, 9.17) is 5.73 Å². The summed E-state index contributed by atoms with van der Waals surface area (Å²) in [5, 5.41) is 0. The topological polar surface area (TPSA) is 26.0 Å². The standard InChI is InChI=1S/C13H19N/c1-4-5-6-13(14)12-9-10(2)7-8-11(12)3/h4,7-9,13H,1,5-6,14H2,2-3H3/t13-/m0/s1. The minimum atomic E-state index is 0.146. The molecule has 1 aromatic rings. The van der Waals surface area contributed by atoms with Crippen molar-refractivity contribution < 1.29 is 0 Å². The third kappa shape index (κ3) is 2.71. The summed E-state index contributed by atoms with van der Waals surface area (Å²) in [6, 6.07) is 6.59. The molecule has 14 heavy (non-hydrogen) atoms. The van der Waals surface area contributed by atoms with Gasteiger partial charge in [-0.1, -0.05) is 29.8 Å². The van der Waals surface area contributed by atoms with Crippen molar-refractivity contribution >= 4 is 0 Å². The molecular formula is C13H19N. The van der Waals surface area contributed by atoms with Crippen molar-refractivity contribution in [2.45, 2.75) is 32.7 Å². The molecule has 1 heteroatoms. The maximum Gasteiger partial charge on any atom is 0.0300 e. The van der Waals surface area contributed by atoms with Gasteiger partial charge in [-0.25, -0.2) is 0 Å². The Morgan fingerprint density at radius 3 is 2.79 bits per heavy atom. The molecule has 1 rings (SSSR count). The van der Waals surface area contributed by atoms with E-state index in [0.717, 1.165) is 12.8 Å². The molecule has 0 aliphatic rings. The molecule has 1 atom stereocenters. The van der Waals surface area contributed by atoms with Crippen LogP contribution in [0.2, 0.25) is 0 Å². The number of hydrogen-bond donors (Lipinski definition) is 1.